The highest BCUT2D eigenvalue weighted by Gasteiger charge is 2.12. The van der Waals surface area contributed by atoms with Crippen molar-refractivity contribution in [2.24, 2.45) is 0 Å². The number of hydrazine groups is 1. The van der Waals surface area contributed by atoms with Gasteiger partial charge in [-0.15, -0.1) is 0 Å². The van der Waals surface area contributed by atoms with E-state index in [1.54, 1.807) is 5.01 Å². The number of nitrogens with one attached hydrogen (secondary N) is 1. The molecule has 86 valence electrons. The van der Waals surface area contributed by atoms with E-state index >= 15 is 0 Å². The minimum absolute atomic E-state index is 0.0382. The van der Waals surface area contributed by atoms with Crippen molar-refractivity contribution in [2.45, 2.75) is 19.3 Å². The topological polar surface area (TPSA) is 78.9 Å². The predicted octanol–water partition coefficient (Wildman–Crippen LogP) is -0.395. The number of rotatable bonds is 5. The van der Waals surface area contributed by atoms with Crippen LogP contribution in [-0.2, 0) is 14.3 Å². The number of hydrogen-bond donors (Lipinski definition) is 2. The molecule has 1 saturated heterocycles. The second-order valence-electron chi connectivity index (χ2n) is 3.38. The van der Waals surface area contributed by atoms with Crippen molar-refractivity contribution in [3.63, 3.8) is 0 Å². The SMILES string of the molecule is O=C(O)CCCC(=O)NN1CCOCC1. The Balaban J connectivity index is 2.09. The summed E-state index contributed by atoms with van der Waals surface area (Å²) in [6.07, 6.45) is 0.672. The van der Waals surface area contributed by atoms with Crippen LogP contribution in [0, 0.1) is 0 Å². The van der Waals surface area contributed by atoms with Crippen LogP contribution in [0.3, 0.4) is 0 Å². The Labute approximate surface area is 88.2 Å². The summed E-state index contributed by atoms with van der Waals surface area (Å²) in [5.41, 5.74) is 2.71. The van der Waals surface area contributed by atoms with Crippen molar-refractivity contribution in [3.8, 4) is 0 Å². The fourth-order valence-corrected chi connectivity index (χ4v) is 1.31. The van der Waals surface area contributed by atoms with E-state index in [9.17, 15) is 9.59 Å². The van der Waals surface area contributed by atoms with Gasteiger partial charge in [-0.05, 0) is 6.42 Å². The molecule has 0 aliphatic carbocycles. The third-order valence-electron chi connectivity index (χ3n) is 2.09. The van der Waals surface area contributed by atoms with E-state index in [0.29, 0.717) is 32.7 Å². The Kier molecular flexibility index (Phi) is 5.06. The number of amides is 1. The molecule has 0 aromatic heterocycles. The van der Waals surface area contributed by atoms with Crippen molar-refractivity contribution < 1.29 is 19.4 Å². The molecule has 0 bridgehead atoms. The summed E-state index contributed by atoms with van der Waals surface area (Å²) in [7, 11) is 0. The molecule has 0 radical (unpaired) electrons. The Morgan fingerprint density at radius 1 is 1.27 bits per heavy atom. The molecule has 1 fully saturated rings. The molecule has 0 unspecified atom stereocenters. The molecule has 1 amide bonds. The highest BCUT2D eigenvalue weighted by molar-refractivity contribution is 5.76. The molecule has 6 heteroatoms. The number of nitrogens with zero attached hydrogens (tertiary/aromatic N) is 1. The van der Waals surface area contributed by atoms with Crippen LogP contribution in [0.2, 0.25) is 0 Å². The molecule has 0 aromatic rings. The molecular weight excluding hydrogens is 200 g/mol. The number of morpholine rings is 1. The minimum Gasteiger partial charge on any atom is -0.481 e. The first-order valence-electron chi connectivity index (χ1n) is 5.02. The number of ether oxygens (including phenoxy) is 1. The zero-order valence-electron chi connectivity index (χ0n) is 8.57. The first-order valence-corrected chi connectivity index (χ1v) is 5.02. The van der Waals surface area contributed by atoms with Gasteiger partial charge in [-0.3, -0.25) is 15.0 Å². The lowest BCUT2D eigenvalue weighted by Crippen LogP contribution is -2.48. The van der Waals surface area contributed by atoms with Gasteiger partial charge in [0.2, 0.25) is 5.91 Å². The average Bonchev–Trinajstić information content (AvgIpc) is 2.18. The monoisotopic (exact) mass is 216 g/mol. The van der Waals surface area contributed by atoms with Gasteiger partial charge in [-0.25, -0.2) is 5.01 Å². The average molecular weight is 216 g/mol. The Morgan fingerprint density at radius 2 is 1.93 bits per heavy atom. The van der Waals surface area contributed by atoms with E-state index in [-0.39, 0.29) is 18.7 Å². The molecule has 0 saturated carbocycles. The molecule has 1 heterocycles. The first-order chi connectivity index (χ1) is 7.18. The van der Waals surface area contributed by atoms with Gasteiger partial charge in [0, 0.05) is 25.9 Å². The van der Waals surface area contributed by atoms with E-state index in [1.165, 1.54) is 0 Å². The van der Waals surface area contributed by atoms with Gasteiger partial charge < -0.3 is 9.84 Å². The number of hydrogen-bond acceptors (Lipinski definition) is 4. The van der Waals surface area contributed by atoms with Gasteiger partial charge >= 0.3 is 5.97 Å². The van der Waals surface area contributed by atoms with Crippen molar-refractivity contribution in [3.05, 3.63) is 0 Å². The molecule has 2 N–H and O–H groups in total. The normalized spacial score (nSPS) is 17.3. The molecule has 1 rings (SSSR count). The number of carbonyl (C=O) groups excluding carboxylic acids is 1. The minimum atomic E-state index is -0.867. The number of aliphatic carboxylic acids is 1. The summed E-state index contributed by atoms with van der Waals surface area (Å²) >= 11 is 0. The van der Waals surface area contributed by atoms with Crippen molar-refractivity contribution in [1.29, 1.82) is 0 Å². The van der Waals surface area contributed by atoms with Crippen LogP contribution in [0.1, 0.15) is 19.3 Å². The maximum Gasteiger partial charge on any atom is 0.303 e. The molecule has 0 spiro atoms. The summed E-state index contributed by atoms with van der Waals surface area (Å²) in [4.78, 5) is 21.5. The molecule has 0 atom stereocenters. The highest BCUT2D eigenvalue weighted by Crippen LogP contribution is 1.97. The lowest BCUT2D eigenvalue weighted by Gasteiger charge is -2.26. The third-order valence-corrected chi connectivity index (χ3v) is 2.09. The first kappa shape index (κ1) is 11.9. The zero-order chi connectivity index (χ0) is 11.1. The second kappa shape index (κ2) is 6.36. The Bertz CT molecular complexity index is 226. The van der Waals surface area contributed by atoms with E-state index in [2.05, 4.69) is 5.43 Å². The third kappa shape index (κ3) is 5.34. The fraction of sp³-hybridized carbons (Fsp3) is 0.778. The van der Waals surface area contributed by atoms with Gasteiger partial charge in [0.05, 0.1) is 13.2 Å². The largest absolute Gasteiger partial charge is 0.481 e. The van der Waals surface area contributed by atoms with Crippen LogP contribution in [0.4, 0.5) is 0 Å². The van der Waals surface area contributed by atoms with Gasteiger partial charge in [-0.1, -0.05) is 0 Å². The molecule has 15 heavy (non-hydrogen) atoms. The second-order valence-corrected chi connectivity index (χ2v) is 3.38. The van der Waals surface area contributed by atoms with Crippen molar-refractivity contribution >= 4 is 11.9 Å². The van der Waals surface area contributed by atoms with Gasteiger partial charge in [0.25, 0.3) is 0 Å². The lowest BCUT2D eigenvalue weighted by molar-refractivity contribution is -0.137. The van der Waals surface area contributed by atoms with E-state index in [1.807, 2.05) is 0 Å². The molecule has 1 aliphatic rings. The molecule has 6 nitrogen and oxygen atoms in total. The summed E-state index contributed by atoms with van der Waals surface area (Å²) in [6, 6.07) is 0. The lowest BCUT2D eigenvalue weighted by atomic mass is 10.2. The molecule has 1 aliphatic heterocycles. The Morgan fingerprint density at radius 3 is 2.53 bits per heavy atom. The summed E-state index contributed by atoms with van der Waals surface area (Å²) in [6.45, 7) is 2.61. The Hall–Kier alpha value is -1.14. The van der Waals surface area contributed by atoms with E-state index < -0.39 is 5.97 Å². The van der Waals surface area contributed by atoms with Gasteiger partial charge in [0.1, 0.15) is 0 Å². The standard InChI is InChI=1S/C9H16N2O4/c12-8(2-1-3-9(13)14)10-11-4-6-15-7-5-11/h1-7H2,(H,10,12)(H,13,14). The molecule has 0 aromatic carbocycles. The maximum absolute atomic E-state index is 11.3. The smallest absolute Gasteiger partial charge is 0.303 e. The quantitative estimate of drug-likeness (QED) is 0.654. The van der Waals surface area contributed by atoms with E-state index in [0.717, 1.165) is 0 Å². The van der Waals surface area contributed by atoms with Crippen LogP contribution in [0.15, 0.2) is 0 Å². The van der Waals surface area contributed by atoms with Gasteiger partial charge in [0.15, 0.2) is 0 Å². The highest BCUT2D eigenvalue weighted by atomic mass is 16.5. The predicted molar refractivity (Wildman–Crippen MR) is 52.0 cm³/mol. The van der Waals surface area contributed by atoms with Crippen LogP contribution in [0.5, 0.6) is 0 Å². The number of carbonyl (C=O) groups is 2. The van der Waals surface area contributed by atoms with Crippen LogP contribution >= 0.6 is 0 Å². The van der Waals surface area contributed by atoms with Crippen LogP contribution in [-0.4, -0.2) is 48.3 Å². The maximum atomic E-state index is 11.3. The summed E-state index contributed by atoms with van der Waals surface area (Å²) < 4.78 is 5.12. The molecular formula is C9H16N2O4. The van der Waals surface area contributed by atoms with Crippen LogP contribution in [0.25, 0.3) is 0 Å². The number of carboxylic acid groups (broad SMARTS) is 1. The van der Waals surface area contributed by atoms with Crippen molar-refractivity contribution in [2.75, 3.05) is 26.3 Å². The fourth-order valence-electron chi connectivity index (χ4n) is 1.31. The van der Waals surface area contributed by atoms with Crippen LogP contribution < -0.4 is 5.43 Å². The van der Waals surface area contributed by atoms with Crippen molar-refractivity contribution in [1.82, 2.24) is 10.4 Å². The summed E-state index contributed by atoms with van der Waals surface area (Å²) in [5.74, 6) is -0.993. The van der Waals surface area contributed by atoms with E-state index in [4.69, 9.17) is 9.84 Å². The number of carboxylic acids is 1. The van der Waals surface area contributed by atoms with Gasteiger partial charge in [-0.2, -0.15) is 0 Å². The zero-order valence-corrected chi connectivity index (χ0v) is 8.57. The summed E-state index contributed by atoms with van der Waals surface area (Å²) in [5, 5.41) is 10.2.